The Morgan fingerprint density at radius 2 is 1.83 bits per heavy atom. The summed E-state index contributed by atoms with van der Waals surface area (Å²) in [5, 5.41) is 9.63. The first kappa shape index (κ1) is 24.0. The lowest BCUT2D eigenvalue weighted by atomic mass is 10.2. The molecule has 162 valence electrons. The fraction of sp³-hybridized carbons (Fsp3) is 0.391. The van der Waals surface area contributed by atoms with E-state index < -0.39 is 0 Å². The van der Waals surface area contributed by atoms with Gasteiger partial charge in [-0.05, 0) is 38.0 Å². The molecule has 1 fully saturated rings. The SMILES string of the molecule is CCNC(=NCC(=O)NCc1ccccc1)NC1CCN(c2ccc(C)cc2)C1.I. The lowest BCUT2D eigenvalue weighted by molar-refractivity contribution is -0.119. The van der Waals surface area contributed by atoms with Crippen molar-refractivity contribution in [1.82, 2.24) is 16.0 Å². The van der Waals surface area contributed by atoms with E-state index in [4.69, 9.17) is 0 Å². The van der Waals surface area contributed by atoms with Gasteiger partial charge in [0.05, 0.1) is 0 Å². The van der Waals surface area contributed by atoms with Gasteiger partial charge in [-0.25, -0.2) is 4.99 Å². The van der Waals surface area contributed by atoms with E-state index in [0.717, 1.165) is 31.6 Å². The van der Waals surface area contributed by atoms with E-state index >= 15 is 0 Å². The number of hydrogen-bond donors (Lipinski definition) is 3. The normalized spacial score (nSPS) is 16.0. The summed E-state index contributed by atoms with van der Waals surface area (Å²) in [6.07, 6.45) is 1.04. The molecule has 1 unspecified atom stereocenters. The van der Waals surface area contributed by atoms with Crippen molar-refractivity contribution >= 4 is 41.5 Å². The van der Waals surface area contributed by atoms with Crippen LogP contribution in [0.2, 0.25) is 0 Å². The summed E-state index contributed by atoms with van der Waals surface area (Å²) >= 11 is 0. The molecule has 0 spiro atoms. The van der Waals surface area contributed by atoms with E-state index in [9.17, 15) is 4.79 Å². The van der Waals surface area contributed by atoms with E-state index in [-0.39, 0.29) is 36.4 Å². The number of benzene rings is 2. The number of carbonyl (C=O) groups is 1. The van der Waals surface area contributed by atoms with Crippen molar-refractivity contribution in [3.63, 3.8) is 0 Å². The van der Waals surface area contributed by atoms with Crippen LogP contribution in [-0.2, 0) is 11.3 Å². The number of hydrogen-bond acceptors (Lipinski definition) is 3. The van der Waals surface area contributed by atoms with Crippen LogP contribution in [0, 0.1) is 6.92 Å². The van der Waals surface area contributed by atoms with Crippen LogP contribution in [0.25, 0.3) is 0 Å². The average molecular weight is 521 g/mol. The first-order chi connectivity index (χ1) is 14.1. The molecule has 0 aromatic heterocycles. The van der Waals surface area contributed by atoms with Crippen LogP contribution in [0.4, 0.5) is 5.69 Å². The van der Waals surface area contributed by atoms with Crippen molar-refractivity contribution in [3.8, 4) is 0 Å². The number of carbonyl (C=O) groups excluding carboxylic acids is 1. The summed E-state index contributed by atoms with van der Waals surface area (Å²) in [6, 6.07) is 18.8. The van der Waals surface area contributed by atoms with Gasteiger partial charge in [-0.2, -0.15) is 0 Å². The Kier molecular flexibility index (Phi) is 9.93. The summed E-state index contributed by atoms with van der Waals surface area (Å²) in [6.45, 7) is 7.45. The number of nitrogens with zero attached hydrogens (tertiary/aromatic N) is 2. The number of nitrogens with one attached hydrogen (secondary N) is 3. The highest BCUT2D eigenvalue weighted by Gasteiger charge is 2.23. The quantitative estimate of drug-likeness (QED) is 0.298. The minimum absolute atomic E-state index is 0. The van der Waals surface area contributed by atoms with Crippen LogP contribution >= 0.6 is 24.0 Å². The molecule has 1 atom stereocenters. The summed E-state index contributed by atoms with van der Waals surface area (Å²) in [5.41, 5.74) is 3.61. The van der Waals surface area contributed by atoms with Crippen molar-refractivity contribution in [2.45, 2.75) is 32.9 Å². The third-order valence-corrected chi connectivity index (χ3v) is 4.99. The van der Waals surface area contributed by atoms with Crippen LogP contribution < -0.4 is 20.9 Å². The Balaban J connectivity index is 0.00000320. The molecule has 2 aromatic carbocycles. The van der Waals surface area contributed by atoms with Gasteiger partial charge in [-0.1, -0.05) is 48.0 Å². The maximum Gasteiger partial charge on any atom is 0.242 e. The van der Waals surface area contributed by atoms with Crippen molar-refractivity contribution in [2.75, 3.05) is 31.1 Å². The molecule has 30 heavy (non-hydrogen) atoms. The molecule has 2 aromatic rings. The van der Waals surface area contributed by atoms with Crippen molar-refractivity contribution < 1.29 is 4.79 Å². The molecule has 3 rings (SSSR count). The van der Waals surface area contributed by atoms with Gasteiger partial charge in [0.15, 0.2) is 5.96 Å². The fourth-order valence-corrected chi connectivity index (χ4v) is 3.38. The standard InChI is InChI=1S/C23H31N5O.HI/c1-3-24-23(26-16-22(29)25-15-19-7-5-4-6-8-19)27-20-13-14-28(17-20)21-11-9-18(2)10-12-21;/h4-12,20H,3,13-17H2,1-2H3,(H,25,29)(H2,24,26,27);1H. The monoisotopic (exact) mass is 521 g/mol. The van der Waals surface area contributed by atoms with Gasteiger partial charge < -0.3 is 20.9 Å². The second kappa shape index (κ2) is 12.4. The molecule has 1 aliphatic rings. The number of aliphatic imine (C=N–C) groups is 1. The molecule has 1 aliphatic heterocycles. The van der Waals surface area contributed by atoms with Crippen molar-refractivity contribution in [2.24, 2.45) is 4.99 Å². The number of aryl methyl sites for hydroxylation is 1. The smallest absolute Gasteiger partial charge is 0.242 e. The molecule has 0 radical (unpaired) electrons. The van der Waals surface area contributed by atoms with Crippen molar-refractivity contribution in [1.29, 1.82) is 0 Å². The zero-order valence-corrected chi connectivity index (χ0v) is 20.1. The maximum atomic E-state index is 12.1. The third-order valence-electron chi connectivity index (χ3n) is 4.99. The predicted molar refractivity (Wildman–Crippen MR) is 135 cm³/mol. The summed E-state index contributed by atoms with van der Waals surface area (Å²) in [7, 11) is 0. The zero-order valence-electron chi connectivity index (χ0n) is 17.7. The number of amides is 1. The summed E-state index contributed by atoms with van der Waals surface area (Å²) < 4.78 is 0. The van der Waals surface area contributed by atoms with Crippen LogP contribution in [0.1, 0.15) is 24.5 Å². The summed E-state index contributed by atoms with van der Waals surface area (Å²) in [5.74, 6) is 0.608. The minimum Gasteiger partial charge on any atom is -0.369 e. The van der Waals surface area contributed by atoms with Crippen LogP contribution in [0.15, 0.2) is 59.6 Å². The molecule has 6 nitrogen and oxygen atoms in total. The fourth-order valence-electron chi connectivity index (χ4n) is 3.38. The average Bonchev–Trinajstić information content (AvgIpc) is 3.20. The molecule has 1 heterocycles. The van der Waals surface area contributed by atoms with Crippen LogP contribution in [0.3, 0.4) is 0 Å². The second-order valence-corrected chi connectivity index (χ2v) is 7.37. The summed E-state index contributed by atoms with van der Waals surface area (Å²) in [4.78, 5) is 19.0. The highest BCUT2D eigenvalue weighted by atomic mass is 127. The lowest BCUT2D eigenvalue weighted by Gasteiger charge is -2.20. The van der Waals surface area contributed by atoms with Gasteiger partial charge in [0.25, 0.3) is 0 Å². The number of halogens is 1. The largest absolute Gasteiger partial charge is 0.369 e. The molecule has 0 bridgehead atoms. The molecular formula is C23H32IN5O. The van der Waals surface area contributed by atoms with Gasteiger partial charge in [-0.3, -0.25) is 4.79 Å². The van der Waals surface area contributed by atoms with E-state index in [1.165, 1.54) is 11.3 Å². The third kappa shape index (κ3) is 7.51. The van der Waals surface area contributed by atoms with Gasteiger partial charge in [0.2, 0.25) is 5.91 Å². The van der Waals surface area contributed by atoms with E-state index in [1.54, 1.807) is 0 Å². The Hall–Kier alpha value is -2.29. The van der Waals surface area contributed by atoms with Crippen molar-refractivity contribution in [3.05, 3.63) is 65.7 Å². The van der Waals surface area contributed by atoms with Gasteiger partial charge in [0.1, 0.15) is 6.54 Å². The Morgan fingerprint density at radius 3 is 2.53 bits per heavy atom. The number of rotatable bonds is 7. The van der Waals surface area contributed by atoms with Gasteiger partial charge in [-0.15, -0.1) is 24.0 Å². The highest BCUT2D eigenvalue weighted by molar-refractivity contribution is 14.0. The van der Waals surface area contributed by atoms with E-state index in [0.29, 0.717) is 18.5 Å². The molecular weight excluding hydrogens is 489 g/mol. The number of anilines is 1. The Morgan fingerprint density at radius 1 is 1.10 bits per heavy atom. The first-order valence-electron chi connectivity index (χ1n) is 10.3. The topological polar surface area (TPSA) is 68.8 Å². The second-order valence-electron chi connectivity index (χ2n) is 7.37. The van der Waals surface area contributed by atoms with Crippen LogP contribution in [-0.4, -0.2) is 44.1 Å². The zero-order chi connectivity index (χ0) is 20.5. The van der Waals surface area contributed by atoms with E-state index in [2.05, 4.69) is 57.0 Å². The van der Waals surface area contributed by atoms with E-state index in [1.807, 2.05) is 37.3 Å². The first-order valence-corrected chi connectivity index (χ1v) is 10.3. The predicted octanol–water partition coefficient (Wildman–Crippen LogP) is 3.06. The van der Waals surface area contributed by atoms with Crippen LogP contribution in [0.5, 0.6) is 0 Å². The highest BCUT2D eigenvalue weighted by Crippen LogP contribution is 2.20. The molecule has 3 N–H and O–H groups in total. The minimum atomic E-state index is -0.0845. The Labute approximate surface area is 196 Å². The Bertz CT molecular complexity index is 810. The van der Waals surface area contributed by atoms with Gasteiger partial charge in [0, 0.05) is 37.9 Å². The molecule has 0 aliphatic carbocycles. The molecule has 0 saturated carbocycles. The maximum absolute atomic E-state index is 12.1. The molecule has 1 saturated heterocycles. The lowest BCUT2D eigenvalue weighted by Crippen LogP contribution is -2.45. The molecule has 1 amide bonds. The molecule has 7 heteroatoms. The van der Waals surface area contributed by atoms with Gasteiger partial charge >= 0.3 is 0 Å². The number of guanidine groups is 1.